The van der Waals surface area contributed by atoms with Crippen molar-refractivity contribution in [3.63, 3.8) is 0 Å². The molecule has 0 aliphatic heterocycles. The van der Waals surface area contributed by atoms with Gasteiger partial charge in [0.25, 0.3) is 0 Å². The zero-order valence-corrected chi connectivity index (χ0v) is 10.6. The first kappa shape index (κ1) is 12.9. The maximum atomic E-state index is 10.5. The summed E-state index contributed by atoms with van der Waals surface area (Å²) in [6.45, 7) is 0. The van der Waals surface area contributed by atoms with Crippen LogP contribution in [0.2, 0.25) is 0 Å². The van der Waals surface area contributed by atoms with Crippen LogP contribution in [0.5, 0.6) is 0 Å². The molecule has 4 N–H and O–H groups in total. The van der Waals surface area contributed by atoms with Crippen molar-refractivity contribution in [3.8, 4) is 0 Å². The number of aromatic amines is 1. The maximum Gasteiger partial charge on any atom is 0.320 e. The molecule has 6 heteroatoms. The van der Waals surface area contributed by atoms with Crippen molar-refractivity contribution < 1.29 is 9.90 Å². The monoisotopic (exact) mass is 265 g/mol. The molecule has 0 fully saturated rings. The zero-order chi connectivity index (χ0) is 13.0. The first-order chi connectivity index (χ1) is 8.66. The van der Waals surface area contributed by atoms with Gasteiger partial charge in [0.05, 0.1) is 16.8 Å². The van der Waals surface area contributed by atoms with Gasteiger partial charge in [-0.2, -0.15) is 11.8 Å². The summed E-state index contributed by atoms with van der Waals surface area (Å²) in [5, 5.41) is 8.64. The Hall–Kier alpha value is -1.53. The van der Waals surface area contributed by atoms with Gasteiger partial charge in [0, 0.05) is 0 Å². The topological polar surface area (TPSA) is 92.0 Å². The van der Waals surface area contributed by atoms with Crippen molar-refractivity contribution in [1.29, 1.82) is 0 Å². The van der Waals surface area contributed by atoms with Gasteiger partial charge >= 0.3 is 5.97 Å². The number of H-pyrrole nitrogens is 1. The quantitative estimate of drug-likeness (QED) is 0.690. The van der Waals surface area contributed by atoms with E-state index in [0.717, 1.165) is 22.6 Å². The Bertz CT molecular complexity index is 508. The lowest BCUT2D eigenvalue weighted by atomic mass is 10.2. The van der Waals surface area contributed by atoms with E-state index in [0.29, 0.717) is 12.2 Å². The second-order valence-electron chi connectivity index (χ2n) is 3.99. The van der Waals surface area contributed by atoms with E-state index < -0.39 is 12.0 Å². The summed E-state index contributed by atoms with van der Waals surface area (Å²) in [6.07, 6.45) is 0.472. The largest absolute Gasteiger partial charge is 0.480 e. The van der Waals surface area contributed by atoms with Crippen LogP contribution in [0, 0.1) is 0 Å². The molecule has 2 rings (SSSR count). The highest BCUT2D eigenvalue weighted by molar-refractivity contribution is 7.98. The smallest absolute Gasteiger partial charge is 0.320 e. The fraction of sp³-hybridized carbons (Fsp3) is 0.333. The van der Waals surface area contributed by atoms with Gasteiger partial charge in [-0.15, -0.1) is 0 Å². The summed E-state index contributed by atoms with van der Waals surface area (Å²) >= 11 is 1.63. The van der Waals surface area contributed by atoms with E-state index in [9.17, 15) is 4.79 Å². The van der Waals surface area contributed by atoms with Crippen LogP contribution in [0.3, 0.4) is 0 Å². The Labute approximate surface area is 109 Å². The van der Waals surface area contributed by atoms with Crippen LogP contribution >= 0.6 is 11.8 Å². The summed E-state index contributed by atoms with van der Waals surface area (Å²) in [7, 11) is 0. The van der Waals surface area contributed by atoms with Gasteiger partial charge in [-0.3, -0.25) is 4.79 Å². The molecule has 0 amide bonds. The summed E-state index contributed by atoms with van der Waals surface area (Å²) in [6, 6.07) is 7.08. The number of imidazole rings is 1. The number of thioether (sulfide) groups is 1. The maximum absolute atomic E-state index is 10.5. The van der Waals surface area contributed by atoms with Gasteiger partial charge in [-0.1, -0.05) is 12.1 Å². The lowest BCUT2D eigenvalue weighted by molar-refractivity contribution is -0.138. The van der Waals surface area contributed by atoms with Crippen LogP contribution in [-0.4, -0.2) is 32.8 Å². The molecule has 1 heterocycles. The van der Waals surface area contributed by atoms with Crippen molar-refractivity contribution >= 4 is 28.8 Å². The summed E-state index contributed by atoms with van der Waals surface area (Å²) in [5.41, 5.74) is 7.40. The first-order valence-corrected chi connectivity index (χ1v) is 6.82. The summed E-state index contributed by atoms with van der Waals surface area (Å²) < 4.78 is 0. The number of nitrogens with two attached hydrogens (primary N) is 1. The molecule has 0 spiro atoms. The Morgan fingerprint density at radius 3 is 3.00 bits per heavy atom. The van der Waals surface area contributed by atoms with E-state index in [2.05, 4.69) is 9.97 Å². The number of hydrogen-bond donors (Lipinski definition) is 3. The van der Waals surface area contributed by atoms with Crippen molar-refractivity contribution in [2.45, 2.75) is 18.2 Å². The first-order valence-electron chi connectivity index (χ1n) is 5.66. The third-order valence-corrected chi connectivity index (χ3v) is 3.57. The molecular weight excluding hydrogens is 250 g/mol. The van der Waals surface area contributed by atoms with Gasteiger partial charge < -0.3 is 15.8 Å². The number of nitrogens with one attached hydrogen (secondary N) is 1. The number of nitrogens with zero attached hydrogens (tertiary/aromatic N) is 1. The molecule has 0 aliphatic carbocycles. The van der Waals surface area contributed by atoms with E-state index >= 15 is 0 Å². The molecule has 0 saturated heterocycles. The number of carboxylic acids is 1. The fourth-order valence-corrected chi connectivity index (χ4v) is 2.47. The highest BCUT2D eigenvalue weighted by atomic mass is 32.2. The molecule has 0 bridgehead atoms. The van der Waals surface area contributed by atoms with Crippen LogP contribution in [0.4, 0.5) is 0 Å². The lowest BCUT2D eigenvalue weighted by Crippen LogP contribution is -2.30. The van der Waals surface area contributed by atoms with Crippen molar-refractivity contribution in [2.24, 2.45) is 5.73 Å². The van der Waals surface area contributed by atoms with Crippen molar-refractivity contribution in [3.05, 3.63) is 30.1 Å². The van der Waals surface area contributed by atoms with Crippen LogP contribution in [0.15, 0.2) is 24.3 Å². The van der Waals surface area contributed by atoms with Crippen LogP contribution < -0.4 is 5.73 Å². The van der Waals surface area contributed by atoms with E-state index in [1.54, 1.807) is 11.8 Å². The number of aliphatic carboxylic acids is 1. The third kappa shape index (κ3) is 3.24. The molecular formula is C12H15N3O2S. The second kappa shape index (κ2) is 5.88. The molecule has 0 radical (unpaired) electrons. The number of carbonyl (C=O) groups is 1. The van der Waals surface area contributed by atoms with E-state index in [-0.39, 0.29) is 0 Å². The second-order valence-corrected chi connectivity index (χ2v) is 5.09. The molecule has 5 nitrogen and oxygen atoms in total. The minimum Gasteiger partial charge on any atom is -0.480 e. The number of benzene rings is 1. The summed E-state index contributed by atoms with van der Waals surface area (Å²) in [5.74, 6) is 1.41. The van der Waals surface area contributed by atoms with Crippen molar-refractivity contribution in [1.82, 2.24) is 9.97 Å². The molecule has 96 valence electrons. The predicted octanol–water partition coefficient (Wildman–Crippen LogP) is 1.60. The van der Waals surface area contributed by atoms with Gasteiger partial charge in [0.1, 0.15) is 11.9 Å². The molecule has 1 atom stereocenters. The van der Waals surface area contributed by atoms with Crippen LogP contribution in [0.1, 0.15) is 12.2 Å². The number of fused-ring (bicyclic) bond motifs is 1. The van der Waals surface area contributed by atoms with E-state index in [1.165, 1.54) is 0 Å². The van der Waals surface area contributed by atoms with E-state index in [1.807, 2.05) is 24.3 Å². The molecule has 18 heavy (non-hydrogen) atoms. The highest BCUT2D eigenvalue weighted by Crippen LogP contribution is 2.15. The third-order valence-electron chi connectivity index (χ3n) is 2.57. The van der Waals surface area contributed by atoms with Gasteiger partial charge in [0.2, 0.25) is 0 Å². The van der Waals surface area contributed by atoms with Crippen LogP contribution in [0.25, 0.3) is 11.0 Å². The molecule has 0 aliphatic rings. The number of aromatic nitrogens is 2. The number of rotatable bonds is 6. The normalized spacial score (nSPS) is 12.7. The molecule has 1 aromatic carbocycles. The number of carboxylic acid groups (broad SMARTS) is 1. The Morgan fingerprint density at radius 1 is 1.50 bits per heavy atom. The van der Waals surface area contributed by atoms with Crippen LogP contribution in [-0.2, 0) is 10.5 Å². The Balaban J connectivity index is 1.81. The lowest BCUT2D eigenvalue weighted by Gasteiger charge is -2.04. The minimum absolute atomic E-state index is 0.472. The standard InChI is InChI=1S/C12H15N3O2S/c13-8(12(16)17)5-6-18-7-11-14-9-3-1-2-4-10(9)15-11/h1-4,8H,5-7,13H2,(H,14,15)(H,16,17). The molecule has 0 saturated carbocycles. The molecule has 1 unspecified atom stereocenters. The number of para-hydroxylation sites is 2. The van der Waals surface area contributed by atoms with Gasteiger partial charge in [0.15, 0.2) is 0 Å². The molecule has 2 aromatic rings. The average molecular weight is 265 g/mol. The van der Waals surface area contributed by atoms with Gasteiger partial charge in [-0.25, -0.2) is 4.98 Å². The fourth-order valence-electron chi connectivity index (χ4n) is 1.58. The average Bonchev–Trinajstić information content (AvgIpc) is 2.76. The predicted molar refractivity (Wildman–Crippen MR) is 72.5 cm³/mol. The van der Waals surface area contributed by atoms with E-state index in [4.69, 9.17) is 10.8 Å². The Kier molecular flexibility index (Phi) is 4.22. The van der Waals surface area contributed by atoms with Crippen molar-refractivity contribution in [2.75, 3.05) is 5.75 Å². The molecule has 1 aromatic heterocycles. The Morgan fingerprint density at radius 2 is 2.28 bits per heavy atom. The van der Waals surface area contributed by atoms with Gasteiger partial charge in [-0.05, 0) is 24.3 Å². The SMILES string of the molecule is NC(CCSCc1nc2ccccc2[nH]1)C(=O)O. The minimum atomic E-state index is -0.945. The summed E-state index contributed by atoms with van der Waals surface area (Å²) in [4.78, 5) is 18.2. The number of hydrogen-bond acceptors (Lipinski definition) is 4. The highest BCUT2D eigenvalue weighted by Gasteiger charge is 2.10. The zero-order valence-electron chi connectivity index (χ0n) is 9.80.